The predicted molar refractivity (Wildman–Crippen MR) is 122 cm³/mol. The molecule has 0 fully saturated rings. The first-order valence-corrected chi connectivity index (χ1v) is 10.1. The first-order chi connectivity index (χ1) is 13.3. The molecule has 0 N–H and O–H groups in total. The van der Waals surface area contributed by atoms with Crippen molar-refractivity contribution in [3.63, 3.8) is 0 Å². The molecule has 0 saturated heterocycles. The number of aryl methyl sites for hydroxylation is 3. The summed E-state index contributed by atoms with van der Waals surface area (Å²) in [5.41, 5.74) is 8.06. The first-order valence-electron chi connectivity index (χ1n) is 9.00. The summed E-state index contributed by atoms with van der Waals surface area (Å²) in [5.74, 6) is -0.323. The Morgan fingerprint density at radius 1 is 1.04 bits per heavy atom. The molecule has 0 radical (unpaired) electrons. The van der Waals surface area contributed by atoms with Crippen molar-refractivity contribution >= 4 is 40.5 Å². The molecule has 0 aliphatic carbocycles. The highest BCUT2D eigenvalue weighted by Gasteiger charge is 2.13. The number of benzene rings is 2. The number of aromatic nitrogens is 1. The van der Waals surface area contributed by atoms with Gasteiger partial charge in [-0.25, -0.2) is 4.79 Å². The van der Waals surface area contributed by atoms with Gasteiger partial charge in [0.15, 0.2) is 0 Å². The highest BCUT2D eigenvalue weighted by atomic mass is 127. The van der Waals surface area contributed by atoms with Gasteiger partial charge in [0.25, 0.3) is 0 Å². The van der Waals surface area contributed by atoms with Crippen molar-refractivity contribution in [3.8, 4) is 5.69 Å². The summed E-state index contributed by atoms with van der Waals surface area (Å²) in [7, 11) is 1.40. The molecule has 4 nitrogen and oxygen atoms in total. The minimum atomic E-state index is -0.323. The van der Waals surface area contributed by atoms with Crippen LogP contribution in [0.25, 0.3) is 5.69 Å². The Bertz CT molecular complexity index is 1080. The average Bonchev–Trinajstić information content (AvgIpc) is 2.94. The molecule has 28 heavy (non-hydrogen) atoms. The van der Waals surface area contributed by atoms with E-state index in [2.05, 4.69) is 66.1 Å². The van der Waals surface area contributed by atoms with E-state index in [1.54, 1.807) is 6.07 Å². The van der Waals surface area contributed by atoms with Crippen LogP contribution in [0.4, 0.5) is 5.69 Å². The molecule has 0 amide bonds. The Hall–Kier alpha value is -2.41. The largest absolute Gasteiger partial charge is 0.465 e. The first kappa shape index (κ1) is 20.3. The summed E-state index contributed by atoms with van der Waals surface area (Å²) in [6.45, 7) is 8.24. The Kier molecular flexibility index (Phi) is 6.03. The molecule has 2 aromatic carbocycles. The van der Waals surface area contributed by atoms with Gasteiger partial charge in [-0.3, -0.25) is 4.99 Å². The van der Waals surface area contributed by atoms with E-state index in [0.717, 1.165) is 39.5 Å². The number of hydrogen-bond acceptors (Lipinski definition) is 3. The molecule has 0 atom stereocenters. The van der Waals surface area contributed by atoms with Crippen LogP contribution in [-0.2, 0) is 4.74 Å². The number of ether oxygens (including phenoxy) is 1. The van der Waals surface area contributed by atoms with Gasteiger partial charge in [-0.2, -0.15) is 0 Å². The van der Waals surface area contributed by atoms with Crippen molar-refractivity contribution < 1.29 is 9.53 Å². The van der Waals surface area contributed by atoms with E-state index < -0.39 is 0 Å². The van der Waals surface area contributed by atoms with Crippen LogP contribution in [0.15, 0.2) is 47.5 Å². The normalized spacial score (nSPS) is 11.2. The van der Waals surface area contributed by atoms with E-state index in [4.69, 9.17) is 9.73 Å². The van der Waals surface area contributed by atoms with Gasteiger partial charge in [-0.15, -0.1) is 0 Å². The highest BCUT2D eigenvalue weighted by Crippen LogP contribution is 2.25. The third-order valence-electron chi connectivity index (χ3n) is 4.83. The second kappa shape index (κ2) is 8.31. The minimum Gasteiger partial charge on any atom is -0.465 e. The zero-order chi connectivity index (χ0) is 20.4. The van der Waals surface area contributed by atoms with Crippen molar-refractivity contribution in [3.05, 3.63) is 79.7 Å². The lowest BCUT2D eigenvalue weighted by molar-refractivity contribution is 0.0600. The van der Waals surface area contributed by atoms with Gasteiger partial charge in [0.1, 0.15) is 0 Å². The SMILES string of the molecule is COC(=O)c1ccc(-n2c(C)cc(C=Nc3ccc(I)cc3C)c2C)c(C)c1. The van der Waals surface area contributed by atoms with Gasteiger partial charge in [0.05, 0.1) is 18.4 Å². The molecule has 0 aliphatic rings. The average molecular weight is 486 g/mol. The summed E-state index contributed by atoms with van der Waals surface area (Å²) < 4.78 is 8.22. The van der Waals surface area contributed by atoms with Gasteiger partial charge in [0.2, 0.25) is 0 Å². The summed E-state index contributed by atoms with van der Waals surface area (Å²) >= 11 is 2.31. The summed E-state index contributed by atoms with van der Waals surface area (Å²) in [4.78, 5) is 16.5. The molecule has 0 saturated carbocycles. The smallest absolute Gasteiger partial charge is 0.337 e. The van der Waals surface area contributed by atoms with Gasteiger partial charge in [-0.1, -0.05) is 0 Å². The molecule has 0 unspecified atom stereocenters. The van der Waals surface area contributed by atoms with E-state index in [9.17, 15) is 4.79 Å². The number of halogens is 1. The number of rotatable bonds is 4. The number of carbonyl (C=O) groups excluding carboxylic acids is 1. The number of methoxy groups -OCH3 is 1. The lowest BCUT2D eigenvalue weighted by Gasteiger charge is -2.13. The molecule has 3 rings (SSSR count). The van der Waals surface area contributed by atoms with E-state index in [1.165, 1.54) is 10.7 Å². The molecule has 5 heteroatoms. The van der Waals surface area contributed by atoms with E-state index >= 15 is 0 Å². The Morgan fingerprint density at radius 2 is 1.79 bits per heavy atom. The summed E-state index contributed by atoms with van der Waals surface area (Å²) in [5, 5.41) is 0. The van der Waals surface area contributed by atoms with Crippen LogP contribution in [0.3, 0.4) is 0 Å². The molecular weight excluding hydrogens is 463 g/mol. The molecule has 3 aromatic rings. The lowest BCUT2D eigenvalue weighted by atomic mass is 10.1. The molecule has 0 spiro atoms. The van der Waals surface area contributed by atoms with Crippen molar-refractivity contribution in [2.24, 2.45) is 4.99 Å². The van der Waals surface area contributed by atoms with Gasteiger partial charge < -0.3 is 9.30 Å². The third kappa shape index (κ3) is 4.04. The van der Waals surface area contributed by atoms with E-state index in [0.29, 0.717) is 5.56 Å². The molecule has 1 aromatic heterocycles. The molecular formula is C23H23IN2O2. The van der Waals surface area contributed by atoms with Crippen molar-refractivity contribution in [2.45, 2.75) is 27.7 Å². The van der Waals surface area contributed by atoms with E-state index in [1.807, 2.05) is 31.3 Å². The monoisotopic (exact) mass is 486 g/mol. The summed E-state index contributed by atoms with van der Waals surface area (Å²) in [6.07, 6.45) is 1.92. The van der Waals surface area contributed by atoms with Crippen LogP contribution < -0.4 is 0 Å². The second-order valence-electron chi connectivity index (χ2n) is 6.84. The quantitative estimate of drug-likeness (QED) is 0.264. The number of aliphatic imine (C=N–C) groups is 1. The zero-order valence-electron chi connectivity index (χ0n) is 16.7. The van der Waals surface area contributed by atoms with Crippen molar-refractivity contribution in [2.75, 3.05) is 7.11 Å². The second-order valence-corrected chi connectivity index (χ2v) is 8.09. The van der Waals surface area contributed by atoms with Gasteiger partial charge >= 0.3 is 5.97 Å². The Morgan fingerprint density at radius 3 is 2.43 bits per heavy atom. The molecule has 0 aliphatic heterocycles. The zero-order valence-corrected chi connectivity index (χ0v) is 18.9. The van der Waals surface area contributed by atoms with Crippen LogP contribution in [0, 0.1) is 31.3 Å². The maximum atomic E-state index is 11.8. The third-order valence-corrected chi connectivity index (χ3v) is 5.50. The topological polar surface area (TPSA) is 43.6 Å². The van der Waals surface area contributed by atoms with Crippen LogP contribution >= 0.6 is 22.6 Å². The fraction of sp³-hybridized carbons (Fsp3) is 0.217. The highest BCUT2D eigenvalue weighted by molar-refractivity contribution is 14.1. The fourth-order valence-electron chi connectivity index (χ4n) is 3.34. The maximum absolute atomic E-state index is 11.8. The number of hydrogen-bond donors (Lipinski definition) is 0. The number of carbonyl (C=O) groups is 1. The van der Waals surface area contributed by atoms with Crippen LogP contribution in [-0.4, -0.2) is 23.9 Å². The van der Waals surface area contributed by atoms with Crippen molar-refractivity contribution in [1.82, 2.24) is 4.57 Å². The standard InChI is InChI=1S/C23H23IN2O2/c1-14-11-20(24)7-8-21(14)25-13-19-12-16(3)26(17(19)4)22-9-6-18(10-15(22)2)23(27)28-5/h6-13H,1-5H3. The minimum absolute atomic E-state index is 0.323. The van der Waals surface area contributed by atoms with Gasteiger partial charge in [0, 0.05) is 32.4 Å². The van der Waals surface area contributed by atoms with Crippen molar-refractivity contribution in [1.29, 1.82) is 0 Å². The van der Waals surface area contributed by atoms with Crippen LogP contribution in [0.5, 0.6) is 0 Å². The molecule has 1 heterocycles. The van der Waals surface area contributed by atoms with E-state index in [-0.39, 0.29) is 5.97 Å². The number of nitrogens with zero attached hydrogens (tertiary/aromatic N) is 2. The van der Waals surface area contributed by atoms with Crippen LogP contribution in [0.2, 0.25) is 0 Å². The Labute approximate surface area is 179 Å². The van der Waals surface area contributed by atoms with Gasteiger partial charge in [-0.05, 0) is 104 Å². The molecule has 0 bridgehead atoms. The number of esters is 1. The van der Waals surface area contributed by atoms with Crippen LogP contribution in [0.1, 0.15) is 38.4 Å². The fourth-order valence-corrected chi connectivity index (χ4v) is 3.99. The maximum Gasteiger partial charge on any atom is 0.337 e. The Balaban J connectivity index is 1.98. The predicted octanol–water partition coefficient (Wildman–Crippen LogP) is 5.85. The molecule has 144 valence electrons. The summed E-state index contributed by atoms with van der Waals surface area (Å²) in [6, 6.07) is 14.0. The lowest BCUT2D eigenvalue weighted by Crippen LogP contribution is -2.06.